The fourth-order valence-corrected chi connectivity index (χ4v) is 2.66. The zero-order valence-corrected chi connectivity index (χ0v) is 13.4. The van der Waals surface area contributed by atoms with Crippen molar-refractivity contribution in [2.24, 2.45) is 5.10 Å². The van der Waals surface area contributed by atoms with Crippen LogP contribution in [-0.4, -0.2) is 26.8 Å². The Hall–Kier alpha value is -2.62. The van der Waals surface area contributed by atoms with Crippen LogP contribution in [0.2, 0.25) is 0 Å². The van der Waals surface area contributed by atoms with Crippen molar-refractivity contribution in [1.82, 2.24) is 15.2 Å². The van der Waals surface area contributed by atoms with E-state index < -0.39 is 16.9 Å². The number of amides is 1. The lowest BCUT2D eigenvalue weighted by Gasteiger charge is -2.11. The molecule has 8 nitrogen and oxygen atoms in total. The molecular weight excluding hydrogens is 325 g/mol. The van der Waals surface area contributed by atoms with E-state index in [1.807, 2.05) is 0 Å². The zero-order chi connectivity index (χ0) is 17.1. The van der Waals surface area contributed by atoms with Gasteiger partial charge in [-0.05, 0) is 32.9 Å². The summed E-state index contributed by atoms with van der Waals surface area (Å²) in [6, 6.07) is 2.05. The Morgan fingerprint density at radius 3 is 2.78 bits per heavy atom. The van der Waals surface area contributed by atoms with Crippen LogP contribution in [0, 0.1) is 29.1 Å². The number of rotatable bonds is 5. The zero-order valence-electron chi connectivity index (χ0n) is 12.6. The average Bonchev–Trinajstić information content (AvgIpc) is 3.01. The monoisotopic (exact) mass is 339 g/mol. The highest BCUT2D eigenvalue weighted by molar-refractivity contribution is 7.12. The number of hydrogen-bond acceptors (Lipinski definition) is 6. The Bertz CT molecular complexity index is 783. The van der Waals surface area contributed by atoms with E-state index in [-0.39, 0.29) is 16.5 Å². The van der Waals surface area contributed by atoms with Gasteiger partial charge in [0.15, 0.2) is 5.13 Å². The number of nitrogens with zero attached hydrogens (tertiary/aromatic N) is 4. The lowest BCUT2D eigenvalue weighted by molar-refractivity contribution is -0.386. The number of aromatic nitrogens is 2. The molecule has 2 aromatic heterocycles. The van der Waals surface area contributed by atoms with Crippen molar-refractivity contribution in [3.8, 4) is 0 Å². The Morgan fingerprint density at radius 1 is 1.57 bits per heavy atom. The lowest BCUT2D eigenvalue weighted by Crippen LogP contribution is -2.28. The topological polar surface area (TPSA) is 102 Å². The number of nitrogens with one attached hydrogen (secondary N) is 1. The molecule has 1 amide bonds. The normalized spacial score (nSPS) is 12.5. The van der Waals surface area contributed by atoms with Crippen molar-refractivity contribution < 1.29 is 14.1 Å². The SMILES string of the molecule is Cc1nn(C(C)C(=O)N/N=C/c2ccc(F)s2)c(C)c1[N+](=O)[O-]. The van der Waals surface area contributed by atoms with Crippen molar-refractivity contribution in [3.63, 3.8) is 0 Å². The van der Waals surface area contributed by atoms with Gasteiger partial charge < -0.3 is 0 Å². The third-order valence-corrected chi connectivity index (χ3v) is 3.98. The van der Waals surface area contributed by atoms with Crippen LogP contribution in [-0.2, 0) is 4.79 Å². The molecule has 1 atom stereocenters. The van der Waals surface area contributed by atoms with Gasteiger partial charge in [-0.15, -0.1) is 11.3 Å². The molecule has 0 aliphatic rings. The van der Waals surface area contributed by atoms with Crippen molar-refractivity contribution in [3.05, 3.63) is 43.6 Å². The van der Waals surface area contributed by atoms with E-state index in [9.17, 15) is 19.3 Å². The number of carbonyl (C=O) groups excluding carboxylic acids is 1. The van der Waals surface area contributed by atoms with E-state index in [2.05, 4.69) is 15.6 Å². The first-order chi connectivity index (χ1) is 10.8. The molecule has 2 rings (SSSR count). The molecular formula is C13H14FN5O3S. The van der Waals surface area contributed by atoms with Gasteiger partial charge in [0.25, 0.3) is 5.91 Å². The van der Waals surface area contributed by atoms with Crippen molar-refractivity contribution in [1.29, 1.82) is 0 Å². The van der Waals surface area contributed by atoms with Crippen molar-refractivity contribution >= 4 is 29.1 Å². The van der Waals surface area contributed by atoms with E-state index in [0.717, 1.165) is 11.3 Å². The first-order valence-electron chi connectivity index (χ1n) is 6.59. The average molecular weight is 339 g/mol. The largest absolute Gasteiger partial charge is 0.312 e. The van der Waals surface area contributed by atoms with Crippen LogP contribution in [0.1, 0.15) is 29.2 Å². The van der Waals surface area contributed by atoms with Gasteiger partial charge in [-0.25, -0.2) is 5.43 Å². The van der Waals surface area contributed by atoms with Gasteiger partial charge in [-0.2, -0.15) is 14.6 Å². The van der Waals surface area contributed by atoms with E-state index in [1.165, 1.54) is 36.9 Å². The predicted molar refractivity (Wildman–Crippen MR) is 83.1 cm³/mol. The molecule has 0 saturated carbocycles. The molecule has 0 aliphatic heterocycles. The molecule has 0 aliphatic carbocycles. The number of hydrogen-bond donors (Lipinski definition) is 1. The van der Waals surface area contributed by atoms with Gasteiger partial charge >= 0.3 is 5.69 Å². The van der Waals surface area contributed by atoms with Gasteiger partial charge in [0.05, 0.1) is 16.0 Å². The lowest BCUT2D eigenvalue weighted by atomic mass is 10.3. The Labute approximate surface area is 134 Å². The molecule has 0 fully saturated rings. The molecule has 0 saturated heterocycles. The first-order valence-corrected chi connectivity index (χ1v) is 7.41. The van der Waals surface area contributed by atoms with E-state index in [4.69, 9.17) is 0 Å². The van der Waals surface area contributed by atoms with Crippen LogP contribution >= 0.6 is 11.3 Å². The Morgan fingerprint density at radius 2 is 2.26 bits per heavy atom. The van der Waals surface area contributed by atoms with Crippen LogP contribution in [0.5, 0.6) is 0 Å². The Kier molecular flexibility index (Phi) is 4.84. The smallest absolute Gasteiger partial charge is 0.271 e. The maximum Gasteiger partial charge on any atom is 0.312 e. The molecule has 2 heterocycles. The van der Waals surface area contributed by atoms with Gasteiger partial charge in [0.2, 0.25) is 0 Å². The summed E-state index contributed by atoms with van der Waals surface area (Å²) in [6.07, 6.45) is 1.32. The number of aryl methyl sites for hydroxylation is 1. The minimum absolute atomic E-state index is 0.109. The van der Waals surface area contributed by atoms with Crippen LogP contribution in [0.25, 0.3) is 0 Å². The summed E-state index contributed by atoms with van der Waals surface area (Å²) < 4.78 is 14.1. The molecule has 1 unspecified atom stereocenters. The maximum absolute atomic E-state index is 12.8. The molecule has 0 bridgehead atoms. The second-order valence-electron chi connectivity index (χ2n) is 4.77. The van der Waals surface area contributed by atoms with Gasteiger partial charge in [0, 0.05) is 0 Å². The minimum atomic E-state index is -0.778. The molecule has 1 N–H and O–H groups in total. The summed E-state index contributed by atoms with van der Waals surface area (Å²) in [4.78, 5) is 23.1. The van der Waals surface area contributed by atoms with Crippen molar-refractivity contribution in [2.45, 2.75) is 26.8 Å². The second-order valence-corrected chi connectivity index (χ2v) is 5.84. The van der Waals surface area contributed by atoms with Gasteiger partial charge in [-0.3, -0.25) is 19.6 Å². The van der Waals surface area contributed by atoms with Gasteiger partial charge in [0.1, 0.15) is 17.4 Å². The minimum Gasteiger partial charge on any atom is -0.271 e. The second kappa shape index (κ2) is 6.65. The number of hydrazone groups is 1. The summed E-state index contributed by atoms with van der Waals surface area (Å²) in [5.74, 6) is -0.487. The van der Waals surface area contributed by atoms with Crippen LogP contribution in [0.15, 0.2) is 17.2 Å². The van der Waals surface area contributed by atoms with E-state index in [1.54, 1.807) is 6.92 Å². The summed E-state index contributed by atoms with van der Waals surface area (Å²) in [5.41, 5.74) is 2.73. The van der Waals surface area contributed by atoms with Crippen LogP contribution in [0.3, 0.4) is 0 Å². The molecule has 0 spiro atoms. The van der Waals surface area contributed by atoms with E-state index >= 15 is 0 Å². The summed E-state index contributed by atoms with van der Waals surface area (Å²) in [6.45, 7) is 4.59. The standard InChI is InChI=1S/C13H14FN5O3S/c1-7-12(19(21)22)8(2)18(17-7)9(3)13(20)16-15-6-10-4-5-11(14)23-10/h4-6,9H,1-3H3,(H,16,20)/b15-6+. The third kappa shape index (κ3) is 3.59. The number of carbonyl (C=O) groups is 1. The first kappa shape index (κ1) is 16.7. The fraction of sp³-hybridized carbons (Fsp3) is 0.308. The fourth-order valence-electron chi connectivity index (χ4n) is 2.06. The summed E-state index contributed by atoms with van der Waals surface area (Å²) in [7, 11) is 0. The summed E-state index contributed by atoms with van der Waals surface area (Å²) >= 11 is 0.895. The molecule has 122 valence electrons. The van der Waals surface area contributed by atoms with Gasteiger partial charge in [-0.1, -0.05) is 0 Å². The maximum atomic E-state index is 12.8. The van der Waals surface area contributed by atoms with Crippen LogP contribution in [0.4, 0.5) is 10.1 Å². The van der Waals surface area contributed by atoms with Crippen molar-refractivity contribution in [2.75, 3.05) is 0 Å². The highest BCUT2D eigenvalue weighted by Crippen LogP contribution is 2.24. The molecule has 0 radical (unpaired) electrons. The molecule has 23 heavy (non-hydrogen) atoms. The number of halogens is 1. The highest BCUT2D eigenvalue weighted by Gasteiger charge is 2.26. The molecule has 2 aromatic rings. The summed E-state index contributed by atoms with van der Waals surface area (Å²) in [5, 5.41) is 18.4. The predicted octanol–water partition coefficient (Wildman–Crippen LogP) is 2.32. The van der Waals surface area contributed by atoms with E-state index in [0.29, 0.717) is 10.6 Å². The number of nitro groups is 1. The quantitative estimate of drug-likeness (QED) is 0.513. The number of thiophene rings is 1. The van der Waals surface area contributed by atoms with Crippen LogP contribution < -0.4 is 5.43 Å². The molecule has 0 aromatic carbocycles. The Balaban J connectivity index is 2.09. The molecule has 10 heteroatoms. The highest BCUT2D eigenvalue weighted by atomic mass is 32.1. The third-order valence-electron chi connectivity index (χ3n) is 3.18.